The van der Waals surface area contributed by atoms with Crippen LogP contribution in [0.15, 0.2) is 24.3 Å². The van der Waals surface area contributed by atoms with Gasteiger partial charge in [-0.3, -0.25) is 4.90 Å². The van der Waals surface area contributed by atoms with E-state index in [1.165, 1.54) is 44.5 Å². The molecule has 4 atom stereocenters. The van der Waals surface area contributed by atoms with E-state index in [2.05, 4.69) is 41.4 Å². The summed E-state index contributed by atoms with van der Waals surface area (Å²) in [4.78, 5) is 2.78. The molecular weight excluding hydrogens is 232 g/mol. The van der Waals surface area contributed by atoms with Crippen molar-refractivity contribution in [3.8, 4) is 0 Å². The average molecular weight is 256 g/mol. The second-order valence-corrected chi connectivity index (χ2v) is 6.49. The van der Waals surface area contributed by atoms with Crippen molar-refractivity contribution in [1.82, 2.24) is 4.90 Å². The second-order valence-electron chi connectivity index (χ2n) is 6.49. The minimum absolute atomic E-state index is 0.663. The van der Waals surface area contributed by atoms with E-state index in [0.29, 0.717) is 6.04 Å². The van der Waals surface area contributed by atoms with Crippen LogP contribution in [-0.4, -0.2) is 30.1 Å². The molecule has 0 spiro atoms. The van der Waals surface area contributed by atoms with Gasteiger partial charge in [-0.2, -0.15) is 0 Å². The molecule has 102 valence electrons. The van der Waals surface area contributed by atoms with E-state index in [1.54, 1.807) is 5.56 Å². The number of hydrogen-bond donors (Lipinski definition) is 1. The van der Waals surface area contributed by atoms with Crippen LogP contribution in [0.25, 0.3) is 0 Å². The molecule has 0 bridgehead atoms. The van der Waals surface area contributed by atoms with Gasteiger partial charge in [0, 0.05) is 23.7 Å². The molecule has 19 heavy (non-hydrogen) atoms. The highest BCUT2D eigenvalue weighted by atomic mass is 15.2. The number of nitrogens with one attached hydrogen (secondary N) is 1. The van der Waals surface area contributed by atoms with Crippen molar-refractivity contribution in [3.05, 3.63) is 29.8 Å². The van der Waals surface area contributed by atoms with E-state index in [9.17, 15) is 0 Å². The van der Waals surface area contributed by atoms with Crippen LogP contribution < -0.4 is 5.32 Å². The monoisotopic (exact) mass is 256 g/mol. The molecule has 3 aliphatic rings. The van der Waals surface area contributed by atoms with Crippen molar-refractivity contribution < 1.29 is 0 Å². The Morgan fingerprint density at radius 1 is 1.21 bits per heavy atom. The zero-order valence-corrected chi connectivity index (χ0v) is 11.8. The maximum absolute atomic E-state index is 3.86. The van der Waals surface area contributed by atoms with Crippen LogP contribution in [0.5, 0.6) is 0 Å². The molecule has 0 saturated carbocycles. The number of para-hydroxylation sites is 1. The van der Waals surface area contributed by atoms with Gasteiger partial charge in [0.2, 0.25) is 0 Å². The fourth-order valence-electron chi connectivity index (χ4n) is 4.79. The van der Waals surface area contributed by atoms with Crippen molar-refractivity contribution in [1.29, 1.82) is 0 Å². The lowest BCUT2D eigenvalue weighted by Crippen LogP contribution is -2.58. The van der Waals surface area contributed by atoms with Gasteiger partial charge in [0.05, 0.1) is 0 Å². The molecule has 3 aliphatic heterocycles. The first-order valence-electron chi connectivity index (χ1n) is 7.98. The first-order chi connectivity index (χ1) is 9.38. The summed E-state index contributed by atoms with van der Waals surface area (Å²) in [5.74, 6) is 1.65. The molecule has 3 heterocycles. The molecule has 0 aliphatic carbocycles. The SMILES string of the molecule is CCC1CCCN2CCC3c4ccccc4NC3C12. The fraction of sp³-hybridized carbons (Fsp3) is 0.647. The molecule has 2 saturated heterocycles. The molecule has 2 fully saturated rings. The highest BCUT2D eigenvalue weighted by Gasteiger charge is 2.46. The van der Waals surface area contributed by atoms with E-state index in [0.717, 1.165) is 17.9 Å². The zero-order valence-electron chi connectivity index (χ0n) is 11.8. The molecule has 1 aromatic carbocycles. The summed E-state index contributed by atoms with van der Waals surface area (Å²) in [6, 6.07) is 10.4. The highest BCUT2D eigenvalue weighted by Crippen LogP contribution is 2.46. The summed E-state index contributed by atoms with van der Waals surface area (Å²) >= 11 is 0. The minimum Gasteiger partial charge on any atom is -0.380 e. The quantitative estimate of drug-likeness (QED) is 0.828. The van der Waals surface area contributed by atoms with E-state index in [-0.39, 0.29) is 0 Å². The normalized spacial score (nSPS) is 37.1. The van der Waals surface area contributed by atoms with Crippen molar-refractivity contribution >= 4 is 5.69 Å². The maximum atomic E-state index is 3.86. The van der Waals surface area contributed by atoms with Gasteiger partial charge in [-0.1, -0.05) is 31.5 Å². The molecule has 4 unspecified atom stereocenters. The van der Waals surface area contributed by atoms with Crippen molar-refractivity contribution in [2.45, 2.75) is 50.6 Å². The lowest BCUT2D eigenvalue weighted by molar-refractivity contribution is 0.0421. The molecule has 2 nitrogen and oxygen atoms in total. The van der Waals surface area contributed by atoms with E-state index in [1.807, 2.05) is 0 Å². The fourth-order valence-corrected chi connectivity index (χ4v) is 4.79. The summed E-state index contributed by atoms with van der Waals surface area (Å²) < 4.78 is 0. The Balaban J connectivity index is 1.68. The Hall–Kier alpha value is -1.02. The van der Waals surface area contributed by atoms with Gasteiger partial charge in [0.15, 0.2) is 0 Å². The van der Waals surface area contributed by atoms with Gasteiger partial charge in [0.1, 0.15) is 0 Å². The highest BCUT2D eigenvalue weighted by molar-refractivity contribution is 5.60. The molecule has 4 rings (SSSR count). The zero-order chi connectivity index (χ0) is 12.8. The topological polar surface area (TPSA) is 15.3 Å². The Kier molecular flexibility index (Phi) is 2.80. The molecule has 2 heteroatoms. The predicted octanol–water partition coefficient (Wildman–Crippen LogP) is 3.46. The first-order valence-corrected chi connectivity index (χ1v) is 7.98. The van der Waals surface area contributed by atoms with E-state index < -0.39 is 0 Å². The van der Waals surface area contributed by atoms with Crippen LogP contribution in [0.2, 0.25) is 0 Å². The third-order valence-corrected chi connectivity index (χ3v) is 5.66. The third kappa shape index (κ3) is 1.73. The summed E-state index contributed by atoms with van der Waals surface area (Å²) in [5, 5.41) is 3.86. The summed E-state index contributed by atoms with van der Waals surface area (Å²) in [6.45, 7) is 5.00. The Morgan fingerprint density at radius 3 is 3.00 bits per heavy atom. The van der Waals surface area contributed by atoms with Crippen molar-refractivity contribution in [2.75, 3.05) is 18.4 Å². The van der Waals surface area contributed by atoms with E-state index >= 15 is 0 Å². The molecular formula is C17H24N2. The standard InChI is InChI=1S/C17H24N2/c1-2-12-6-5-10-19-11-9-14-13-7-3-4-8-15(13)18-16(14)17(12)19/h3-4,7-8,12,14,16-18H,2,5-6,9-11H2,1H3. The van der Waals surface area contributed by atoms with Crippen molar-refractivity contribution in [3.63, 3.8) is 0 Å². The van der Waals surface area contributed by atoms with Crippen LogP contribution in [0, 0.1) is 5.92 Å². The first kappa shape index (κ1) is 11.8. The lowest BCUT2D eigenvalue weighted by Gasteiger charge is -2.49. The number of nitrogens with zero attached hydrogens (tertiary/aromatic N) is 1. The largest absolute Gasteiger partial charge is 0.380 e. The average Bonchev–Trinajstić information content (AvgIpc) is 2.85. The number of piperidine rings is 2. The van der Waals surface area contributed by atoms with Crippen LogP contribution in [0.4, 0.5) is 5.69 Å². The summed E-state index contributed by atoms with van der Waals surface area (Å²) in [7, 11) is 0. The van der Waals surface area contributed by atoms with Crippen molar-refractivity contribution in [2.24, 2.45) is 5.92 Å². The number of rotatable bonds is 1. The molecule has 1 aromatic rings. The predicted molar refractivity (Wildman–Crippen MR) is 79.6 cm³/mol. The molecule has 0 aromatic heterocycles. The number of anilines is 1. The smallest absolute Gasteiger partial charge is 0.0489 e. The Bertz CT molecular complexity index is 464. The molecule has 0 radical (unpaired) electrons. The number of hydrogen-bond acceptors (Lipinski definition) is 2. The lowest BCUT2D eigenvalue weighted by atomic mass is 9.74. The van der Waals surface area contributed by atoms with Crippen LogP contribution >= 0.6 is 0 Å². The van der Waals surface area contributed by atoms with Gasteiger partial charge in [-0.15, -0.1) is 0 Å². The van der Waals surface area contributed by atoms with Gasteiger partial charge >= 0.3 is 0 Å². The van der Waals surface area contributed by atoms with Crippen LogP contribution in [-0.2, 0) is 0 Å². The molecule has 1 N–H and O–H groups in total. The van der Waals surface area contributed by atoms with Crippen LogP contribution in [0.1, 0.15) is 44.1 Å². The summed E-state index contributed by atoms with van der Waals surface area (Å²) in [5.41, 5.74) is 2.98. The Labute approximate surface area is 116 Å². The second kappa shape index (κ2) is 4.52. The Morgan fingerprint density at radius 2 is 2.11 bits per heavy atom. The van der Waals surface area contributed by atoms with Gasteiger partial charge in [-0.25, -0.2) is 0 Å². The molecule has 0 amide bonds. The van der Waals surface area contributed by atoms with E-state index in [4.69, 9.17) is 0 Å². The van der Waals surface area contributed by atoms with Gasteiger partial charge < -0.3 is 5.32 Å². The number of fused-ring (bicyclic) bond motifs is 5. The minimum atomic E-state index is 0.663. The number of benzene rings is 1. The third-order valence-electron chi connectivity index (χ3n) is 5.66. The van der Waals surface area contributed by atoms with Gasteiger partial charge in [-0.05, 0) is 49.9 Å². The van der Waals surface area contributed by atoms with Gasteiger partial charge in [0.25, 0.3) is 0 Å². The summed E-state index contributed by atoms with van der Waals surface area (Å²) in [6.07, 6.45) is 5.50. The maximum Gasteiger partial charge on any atom is 0.0489 e. The van der Waals surface area contributed by atoms with Crippen LogP contribution in [0.3, 0.4) is 0 Å².